The Labute approximate surface area is 101 Å². The van der Waals surface area contributed by atoms with Gasteiger partial charge in [0.15, 0.2) is 0 Å². The summed E-state index contributed by atoms with van der Waals surface area (Å²) in [5.41, 5.74) is 0.220. The molecule has 0 aliphatic heterocycles. The van der Waals surface area contributed by atoms with Crippen molar-refractivity contribution in [2.45, 2.75) is 37.5 Å². The van der Waals surface area contributed by atoms with Gasteiger partial charge in [-0.2, -0.15) is 0 Å². The molecule has 2 rings (SSSR count). The van der Waals surface area contributed by atoms with E-state index >= 15 is 0 Å². The van der Waals surface area contributed by atoms with Crippen molar-refractivity contribution < 1.29 is 12.8 Å². The Balaban J connectivity index is 2.04. The fraction of sp³-hybridized carbons (Fsp3) is 0.500. The molecule has 1 saturated carbocycles. The fourth-order valence-corrected chi connectivity index (χ4v) is 3.63. The lowest BCUT2D eigenvalue weighted by molar-refractivity contribution is 0.548. The van der Waals surface area contributed by atoms with E-state index in [-0.39, 0.29) is 17.4 Å². The molecule has 17 heavy (non-hydrogen) atoms. The number of nitrogens with one attached hydrogen (secondary N) is 1. The molecule has 0 aromatic heterocycles. The largest absolute Gasteiger partial charge is 0.216 e. The predicted molar refractivity (Wildman–Crippen MR) is 64.4 cm³/mol. The number of hydrogen-bond acceptors (Lipinski definition) is 2. The normalized spacial score (nSPS) is 17.5. The molecule has 1 fully saturated rings. The summed E-state index contributed by atoms with van der Waals surface area (Å²) in [7, 11) is -3.43. The Bertz CT molecular complexity index is 481. The van der Waals surface area contributed by atoms with Gasteiger partial charge in [0.25, 0.3) is 0 Å². The van der Waals surface area contributed by atoms with Gasteiger partial charge < -0.3 is 0 Å². The van der Waals surface area contributed by atoms with Crippen LogP contribution in [0, 0.1) is 5.82 Å². The number of halogens is 1. The van der Waals surface area contributed by atoms with Gasteiger partial charge in [-0.15, -0.1) is 0 Å². The van der Waals surface area contributed by atoms with Crippen molar-refractivity contribution in [3.63, 3.8) is 0 Å². The maximum Gasteiger partial charge on any atom is 0.216 e. The first-order valence-electron chi connectivity index (χ1n) is 5.80. The van der Waals surface area contributed by atoms with E-state index in [9.17, 15) is 12.8 Å². The van der Waals surface area contributed by atoms with E-state index in [1.54, 1.807) is 12.1 Å². The van der Waals surface area contributed by atoms with Gasteiger partial charge in [-0.25, -0.2) is 17.5 Å². The van der Waals surface area contributed by atoms with Crippen LogP contribution in [0.1, 0.15) is 31.2 Å². The first-order valence-corrected chi connectivity index (χ1v) is 7.45. The van der Waals surface area contributed by atoms with Gasteiger partial charge in [-0.3, -0.25) is 0 Å². The Morgan fingerprint density at radius 2 is 1.88 bits per heavy atom. The van der Waals surface area contributed by atoms with Crippen molar-refractivity contribution in [2.24, 2.45) is 0 Å². The molecule has 3 nitrogen and oxygen atoms in total. The summed E-state index contributed by atoms with van der Waals surface area (Å²) in [6.07, 6.45) is 3.90. The van der Waals surface area contributed by atoms with E-state index < -0.39 is 15.8 Å². The molecule has 1 N–H and O–H groups in total. The Morgan fingerprint density at radius 3 is 2.53 bits per heavy atom. The molecule has 1 aliphatic rings. The molecule has 0 heterocycles. The molecule has 1 aliphatic carbocycles. The van der Waals surface area contributed by atoms with Crippen LogP contribution in [0.4, 0.5) is 4.39 Å². The summed E-state index contributed by atoms with van der Waals surface area (Å²) in [6, 6.07) is 6.01. The summed E-state index contributed by atoms with van der Waals surface area (Å²) < 4.78 is 39.6. The molecule has 94 valence electrons. The second kappa shape index (κ2) is 5.14. The van der Waals surface area contributed by atoms with Crippen LogP contribution in [-0.2, 0) is 15.8 Å². The molecular weight excluding hydrogens is 241 g/mol. The summed E-state index contributed by atoms with van der Waals surface area (Å²) in [4.78, 5) is 0. The zero-order valence-corrected chi connectivity index (χ0v) is 10.3. The Hall–Kier alpha value is -0.940. The average molecular weight is 257 g/mol. The summed E-state index contributed by atoms with van der Waals surface area (Å²) in [5.74, 6) is -0.750. The van der Waals surface area contributed by atoms with Crippen molar-refractivity contribution >= 4 is 10.0 Å². The minimum absolute atomic E-state index is 0.0340. The molecule has 0 atom stereocenters. The second-order valence-electron chi connectivity index (χ2n) is 4.45. The lowest BCUT2D eigenvalue weighted by Crippen LogP contribution is -2.33. The number of sulfonamides is 1. The maximum atomic E-state index is 13.3. The van der Waals surface area contributed by atoms with Gasteiger partial charge in [-0.1, -0.05) is 31.0 Å². The molecule has 0 unspecified atom stereocenters. The number of hydrogen-bond donors (Lipinski definition) is 1. The Kier molecular flexibility index (Phi) is 3.79. The minimum atomic E-state index is -3.43. The predicted octanol–water partition coefficient (Wildman–Crippen LogP) is 2.19. The highest BCUT2D eigenvalue weighted by Crippen LogP contribution is 2.19. The summed E-state index contributed by atoms with van der Waals surface area (Å²) >= 11 is 0. The highest BCUT2D eigenvalue weighted by Gasteiger charge is 2.22. The lowest BCUT2D eigenvalue weighted by Gasteiger charge is -2.12. The van der Waals surface area contributed by atoms with Gasteiger partial charge in [-0.05, 0) is 18.9 Å². The summed E-state index contributed by atoms with van der Waals surface area (Å²) in [6.45, 7) is 0. The van der Waals surface area contributed by atoms with E-state index in [1.807, 2.05) is 0 Å². The fourth-order valence-electron chi connectivity index (χ4n) is 2.16. The molecule has 0 bridgehead atoms. The van der Waals surface area contributed by atoms with Gasteiger partial charge in [0.05, 0.1) is 5.75 Å². The van der Waals surface area contributed by atoms with Gasteiger partial charge in [0, 0.05) is 11.6 Å². The zero-order chi connectivity index (χ0) is 12.3. The second-order valence-corrected chi connectivity index (χ2v) is 6.20. The van der Waals surface area contributed by atoms with E-state index in [4.69, 9.17) is 0 Å². The molecule has 1 aromatic carbocycles. The maximum absolute atomic E-state index is 13.3. The third-order valence-electron chi connectivity index (χ3n) is 3.00. The van der Waals surface area contributed by atoms with Crippen LogP contribution >= 0.6 is 0 Å². The van der Waals surface area contributed by atoms with E-state index in [0.29, 0.717) is 0 Å². The molecule has 1 aromatic rings. The highest BCUT2D eigenvalue weighted by atomic mass is 32.2. The van der Waals surface area contributed by atoms with Crippen LogP contribution in [0.2, 0.25) is 0 Å². The van der Waals surface area contributed by atoms with E-state index in [0.717, 1.165) is 25.7 Å². The lowest BCUT2D eigenvalue weighted by atomic mass is 10.2. The molecule has 5 heteroatoms. The van der Waals surface area contributed by atoms with Crippen molar-refractivity contribution in [3.8, 4) is 0 Å². The molecule has 0 spiro atoms. The van der Waals surface area contributed by atoms with Crippen molar-refractivity contribution in [1.82, 2.24) is 4.72 Å². The van der Waals surface area contributed by atoms with Crippen molar-refractivity contribution in [2.75, 3.05) is 0 Å². The van der Waals surface area contributed by atoms with Crippen LogP contribution in [-0.4, -0.2) is 14.5 Å². The highest BCUT2D eigenvalue weighted by molar-refractivity contribution is 7.88. The minimum Gasteiger partial charge on any atom is -0.212 e. The quantitative estimate of drug-likeness (QED) is 0.898. The Morgan fingerprint density at radius 1 is 1.24 bits per heavy atom. The van der Waals surface area contributed by atoms with Crippen molar-refractivity contribution in [1.29, 1.82) is 0 Å². The van der Waals surface area contributed by atoms with Gasteiger partial charge in [0.2, 0.25) is 10.0 Å². The molecular formula is C12H16FNO2S. The van der Waals surface area contributed by atoms with Gasteiger partial charge in [0.1, 0.15) is 5.82 Å². The number of benzene rings is 1. The van der Waals surface area contributed by atoms with Crippen LogP contribution < -0.4 is 4.72 Å². The summed E-state index contributed by atoms with van der Waals surface area (Å²) in [5, 5.41) is 0. The van der Waals surface area contributed by atoms with Crippen LogP contribution in [0.5, 0.6) is 0 Å². The smallest absolute Gasteiger partial charge is 0.212 e. The van der Waals surface area contributed by atoms with E-state index in [2.05, 4.69) is 4.72 Å². The van der Waals surface area contributed by atoms with Crippen LogP contribution in [0.3, 0.4) is 0 Å². The molecule has 0 amide bonds. The molecule has 0 radical (unpaired) electrons. The van der Waals surface area contributed by atoms with Gasteiger partial charge >= 0.3 is 0 Å². The standard InChI is InChI=1S/C12H16FNO2S/c13-12-8-4-1-5-10(12)9-17(15,16)14-11-6-2-3-7-11/h1,4-5,8,11,14H,2-3,6-7,9H2. The van der Waals surface area contributed by atoms with E-state index in [1.165, 1.54) is 12.1 Å². The SMILES string of the molecule is O=S(=O)(Cc1ccccc1F)NC1CCCC1. The van der Waals surface area contributed by atoms with Crippen LogP contribution in [0.15, 0.2) is 24.3 Å². The molecule has 0 saturated heterocycles. The van der Waals surface area contributed by atoms with Crippen LogP contribution in [0.25, 0.3) is 0 Å². The first-order chi connectivity index (χ1) is 8.07. The first kappa shape index (κ1) is 12.5. The van der Waals surface area contributed by atoms with Crippen molar-refractivity contribution in [3.05, 3.63) is 35.6 Å². The monoisotopic (exact) mass is 257 g/mol. The average Bonchev–Trinajstić information content (AvgIpc) is 2.73. The number of rotatable bonds is 4. The third kappa shape index (κ3) is 3.51. The zero-order valence-electron chi connectivity index (χ0n) is 9.52. The third-order valence-corrected chi connectivity index (χ3v) is 4.39. The topological polar surface area (TPSA) is 46.2 Å².